The Labute approximate surface area is 83.2 Å². The lowest BCUT2D eigenvalue weighted by Gasteiger charge is -1.99. The molecule has 0 unspecified atom stereocenters. The number of fused-ring (bicyclic) bond motifs is 1. The number of furan rings is 1. The van der Waals surface area contributed by atoms with Crippen molar-refractivity contribution in [3.8, 4) is 0 Å². The molecule has 74 valence electrons. The van der Waals surface area contributed by atoms with E-state index in [1.165, 1.54) is 5.56 Å². The number of rotatable bonds is 3. The summed E-state index contributed by atoms with van der Waals surface area (Å²) in [4.78, 5) is 0. The summed E-state index contributed by atoms with van der Waals surface area (Å²) in [6.45, 7) is 2.19. The van der Waals surface area contributed by atoms with Crippen LogP contribution in [0, 0.1) is 6.92 Å². The first-order valence-corrected chi connectivity index (χ1v) is 4.90. The Bertz CT molecular complexity index is 429. The number of benzene rings is 1. The lowest BCUT2D eigenvalue weighted by Crippen LogP contribution is -1.89. The van der Waals surface area contributed by atoms with E-state index in [2.05, 4.69) is 6.07 Å². The summed E-state index contributed by atoms with van der Waals surface area (Å²) in [7, 11) is 0. The van der Waals surface area contributed by atoms with Gasteiger partial charge in [-0.3, -0.25) is 0 Å². The predicted octanol–water partition coefficient (Wildman–Crippen LogP) is 2.67. The van der Waals surface area contributed by atoms with Gasteiger partial charge in [-0.2, -0.15) is 0 Å². The maximum Gasteiger partial charge on any atom is 0.137 e. The zero-order valence-electron chi connectivity index (χ0n) is 8.29. The van der Waals surface area contributed by atoms with Crippen LogP contribution in [-0.4, -0.2) is 11.7 Å². The van der Waals surface area contributed by atoms with Crippen LogP contribution >= 0.6 is 0 Å². The van der Waals surface area contributed by atoms with Gasteiger partial charge in [0.25, 0.3) is 0 Å². The van der Waals surface area contributed by atoms with Gasteiger partial charge in [0.15, 0.2) is 0 Å². The van der Waals surface area contributed by atoms with Crippen molar-refractivity contribution in [3.63, 3.8) is 0 Å². The maximum absolute atomic E-state index is 8.77. The second-order valence-electron chi connectivity index (χ2n) is 3.52. The van der Waals surface area contributed by atoms with Gasteiger partial charge in [0.2, 0.25) is 0 Å². The highest BCUT2D eigenvalue weighted by Crippen LogP contribution is 2.23. The molecular weight excluding hydrogens is 176 g/mol. The fraction of sp³-hybridized carbons (Fsp3) is 0.333. The van der Waals surface area contributed by atoms with E-state index < -0.39 is 0 Å². The van der Waals surface area contributed by atoms with Gasteiger partial charge >= 0.3 is 0 Å². The molecule has 0 saturated heterocycles. The summed E-state index contributed by atoms with van der Waals surface area (Å²) in [5.41, 5.74) is 2.16. The Morgan fingerprint density at radius 1 is 1.36 bits per heavy atom. The van der Waals surface area contributed by atoms with Crippen molar-refractivity contribution in [2.24, 2.45) is 0 Å². The summed E-state index contributed by atoms with van der Waals surface area (Å²) in [5.74, 6) is 0.941. The molecule has 0 radical (unpaired) electrons. The standard InChI is InChI=1S/C12H14O2/c1-9-8-11-5-2-4-10(6-3-7-13)12(11)14-9/h2,4-5,8,13H,3,6-7H2,1H3. The second-order valence-corrected chi connectivity index (χ2v) is 3.52. The van der Waals surface area contributed by atoms with Crippen molar-refractivity contribution in [2.75, 3.05) is 6.61 Å². The maximum atomic E-state index is 8.77. The molecule has 1 aromatic carbocycles. The molecule has 0 atom stereocenters. The molecule has 2 nitrogen and oxygen atoms in total. The molecule has 0 fully saturated rings. The number of aliphatic hydroxyl groups excluding tert-OH is 1. The number of hydrogen-bond acceptors (Lipinski definition) is 2. The van der Waals surface area contributed by atoms with Crippen molar-refractivity contribution in [1.82, 2.24) is 0 Å². The van der Waals surface area contributed by atoms with Crippen LogP contribution in [0.4, 0.5) is 0 Å². The SMILES string of the molecule is Cc1cc2cccc(CCCO)c2o1. The zero-order valence-corrected chi connectivity index (χ0v) is 8.29. The van der Waals surface area contributed by atoms with Crippen molar-refractivity contribution >= 4 is 11.0 Å². The molecule has 2 aromatic rings. The molecule has 0 aliphatic carbocycles. The summed E-state index contributed by atoms with van der Waals surface area (Å²) in [5, 5.41) is 9.93. The largest absolute Gasteiger partial charge is 0.461 e. The highest BCUT2D eigenvalue weighted by Gasteiger charge is 2.04. The lowest BCUT2D eigenvalue weighted by molar-refractivity contribution is 0.288. The smallest absolute Gasteiger partial charge is 0.137 e. The zero-order chi connectivity index (χ0) is 9.97. The molecule has 0 aliphatic rings. The Balaban J connectivity index is 2.42. The molecule has 1 N–H and O–H groups in total. The molecule has 0 spiro atoms. The number of hydrogen-bond donors (Lipinski definition) is 1. The van der Waals surface area contributed by atoms with Gasteiger partial charge in [0.05, 0.1) is 0 Å². The van der Waals surface area contributed by atoms with Crippen LogP contribution in [0.5, 0.6) is 0 Å². The predicted molar refractivity (Wildman–Crippen MR) is 56.4 cm³/mol. The van der Waals surface area contributed by atoms with Crippen LogP contribution in [0.1, 0.15) is 17.7 Å². The highest BCUT2D eigenvalue weighted by molar-refractivity contribution is 5.81. The van der Waals surface area contributed by atoms with Gasteiger partial charge in [-0.25, -0.2) is 0 Å². The van der Waals surface area contributed by atoms with Gasteiger partial charge in [-0.15, -0.1) is 0 Å². The number of aliphatic hydroxyl groups is 1. The van der Waals surface area contributed by atoms with Gasteiger partial charge in [0.1, 0.15) is 11.3 Å². The first kappa shape index (κ1) is 9.28. The third kappa shape index (κ3) is 1.66. The highest BCUT2D eigenvalue weighted by atomic mass is 16.3. The summed E-state index contributed by atoms with van der Waals surface area (Å²) >= 11 is 0. The topological polar surface area (TPSA) is 33.4 Å². The van der Waals surface area contributed by atoms with Crippen LogP contribution in [0.2, 0.25) is 0 Å². The van der Waals surface area contributed by atoms with Crippen molar-refractivity contribution in [2.45, 2.75) is 19.8 Å². The fourth-order valence-electron chi connectivity index (χ4n) is 1.72. The molecule has 1 aromatic heterocycles. The third-order valence-electron chi connectivity index (χ3n) is 2.35. The molecule has 2 rings (SSSR count). The molecule has 0 aliphatic heterocycles. The average Bonchev–Trinajstić information content (AvgIpc) is 2.55. The Hall–Kier alpha value is -1.28. The van der Waals surface area contributed by atoms with Crippen LogP contribution in [0.3, 0.4) is 0 Å². The van der Waals surface area contributed by atoms with Gasteiger partial charge in [-0.05, 0) is 31.4 Å². The van der Waals surface area contributed by atoms with E-state index in [1.807, 2.05) is 25.1 Å². The Morgan fingerprint density at radius 3 is 3.00 bits per heavy atom. The van der Waals surface area contributed by atoms with Gasteiger partial charge in [0, 0.05) is 12.0 Å². The van der Waals surface area contributed by atoms with Crippen LogP contribution in [-0.2, 0) is 6.42 Å². The first-order chi connectivity index (χ1) is 6.81. The molecule has 1 heterocycles. The van der Waals surface area contributed by atoms with E-state index in [-0.39, 0.29) is 6.61 Å². The van der Waals surface area contributed by atoms with Gasteiger partial charge in [-0.1, -0.05) is 18.2 Å². The summed E-state index contributed by atoms with van der Waals surface area (Å²) < 4.78 is 5.61. The number of aryl methyl sites for hydroxylation is 2. The van der Waals surface area contributed by atoms with Crippen molar-refractivity contribution in [1.29, 1.82) is 0 Å². The Morgan fingerprint density at radius 2 is 2.21 bits per heavy atom. The minimum absolute atomic E-state index is 0.232. The molecule has 14 heavy (non-hydrogen) atoms. The van der Waals surface area contributed by atoms with E-state index in [4.69, 9.17) is 9.52 Å². The Kier molecular flexibility index (Phi) is 2.55. The fourth-order valence-corrected chi connectivity index (χ4v) is 1.72. The van der Waals surface area contributed by atoms with Crippen LogP contribution in [0.25, 0.3) is 11.0 Å². The minimum atomic E-state index is 0.232. The van der Waals surface area contributed by atoms with Crippen molar-refractivity contribution < 1.29 is 9.52 Å². The van der Waals surface area contributed by atoms with E-state index in [0.717, 1.165) is 29.6 Å². The van der Waals surface area contributed by atoms with E-state index >= 15 is 0 Å². The first-order valence-electron chi connectivity index (χ1n) is 4.90. The van der Waals surface area contributed by atoms with E-state index in [1.54, 1.807) is 0 Å². The molecule has 2 heteroatoms. The summed E-state index contributed by atoms with van der Waals surface area (Å²) in [6.07, 6.45) is 1.67. The van der Waals surface area contributed by atoms with Crippen LogP contribution < -0.4 is 0 Å². The average molecular weight is 190 g/mol. The third-order valence-corrected chi connectivity index (χ3v) is 2.35. The van der Waals surface area contributed by atoms with E-state index in [0.29, 0.717) is 0 Å². The molecular formula is C12H14O2. The monoisotopic (exact) mass is 190 g/mol. The molecule has 0 saturated carbocycles. The molecule has 0 bridgehead atoms. The van der Waals surface area contributed by atoms with Crippen molar-refractivity contribution in [3.05, 3.63) is 35.6 Å². The lowest BCUT2D eigenvalue weighted by atomic mass is 10.1. The minimum Gasteiger partial charge on any atom is -0.461 e. The van der Waals surface area contributed by atoms with Crippen LogP contribution in [0.15, 0.2) is 28.7 Å². The second kappa shape index (κ2) is 3.84. The summed E-state index contributed by atoms with van der Waals surface area (Å²) in [6, 6.07) is 8.18. The quantitative estimate of drug-likeness (QED) is 0.807. The number of para-hydroxylation sites is 1. The normalized spacial score (nSPS) is 11.0. The molecule has 0 amide bonds. The van der Waals surface area contributed by atoms with E-state index in [9.17, 15) is 0 Å². The van der Waals surface area contributed by atoms with Gasteiger partial charge < -0.3 is 9.52 Å².